The van der Waals surface area contributed by atoms with Crippen molar-refractivity contribution in [2.45, 2.75) is 19.5 Å². The van der Waals surface area contributed by atoms with Crippen LogP contribution in [0.2, 0.25) is 0 Å². The zero-order valence-electron chi connectivity index (χ0n) is 12.1. The minimum absolute atomic E-state index is 0.0734. The number of urea groups is 1. The molecule has 1 unspecified atom stereocenters. The zero-order valence-corrected chi connectivity index (χ0v) is 12.1. The molecule has 0 aromatic heterocycles. The van der Waals surface area contributed by atoms with Gasteiger partial charge in [0.2, 0.25) is 5.91 Å². The lowest BCUT2D eigenvalue weighted by atomic mass is 10.1. The second-order valence-electron chi connectivity index (χ2n) is 4.70. The van der Waals surface area contributed by atoms with Gasteiger partial charge in [0, 0.05) is 26.2 Å². The first kappa shape index (κ1) is 16.4. The summed E-state index contributed by atoms with van der Waals surface area (Å²) in [7, 11) is 3.17. The molecule has 0 spiro atoms. The van der Waals surface area contributed by atoms with Crippen molar-refractivity contribution in [3.63, 3.8) is 0 Å². The van der Waals surface area contributed by atoms with Crippen LogP contribution in [0.1, 0.15) is 18.1 Å². The Kier molecular flexibility index (Phi) is 5.67. The average molecular weight is 292 g/mol. The lowest BCUT2D eigenvalue weighted by molar-refractivity contribution is -0.130. The van der Waals surface area contributed by atoms with E-state index in [1.54, 1.807) is 21.0 Å². The van der Waals surface area contributed by atoms with Crippen molar-refractivity contribution < 1.29 is 14.0 Å². The summed E-state index contributed by atoms with van der Waals surface area (Å²) in [6, 6.07) is 4.52. The highest BCUT2D eigenvalue weighted by molar-refractivity contribution is 5.86. The summed E-state index contributed by atoms with van der Waals surface area (Å²) in [6.07, 6.45) is 0. The molecule has 0 bridgehead atoms. The summed E-state index contributed by atoms with van der Waals surface area (Å²) in [5.41, 5.74) is 0.514. The first-order chi connectivity index (χ1) is 9.85. The Bertz CT molecular complexity index is 581. The number of nitrogens with zero attached hydrogens (tertiary/aromatic N) is 2. The van der Waals surface area contributed by atoms with Crippen LogP contribution in [-0.2, 0) is 11.3 Å². The first-order valence-corrected chi connectivity index (χ1v) is 6.29. The van der Waals surface area contributed by atoms with E-state index in [1.807, 2.05) is 6.07 Å². The third-order valence-electron chi connectivity index (χ3n) is 2.77. The number of halogens is 1. The molecule has 1 aromatic carbocycles. The summed E-state index contributed by atoms with van der Waals surface area (Å²) >= 11 is 0. The third kappa shape index (κ3) is 4.76. The molecule has 0 aliphatic carbocycles. The average Bonchev–Trinajstić information content (AvgIpc) is 2.45. The predicted molar refractivity (Wildman–Crippen MR) is 74.6 cm³/mol. The van der Waals surface area contributed by atoms with Gasteiger partial charge in [0.05, 0.1) is 11.6 Å². The van der Waals surface area contributed by atoms with Gasteiger partial charge in [0.25, 0.3) is 0 Å². The first-order valence-electron chi connectivity index (χ1n) is 6.29. The summed E-state index contributed by atoms with van der Waals surface area (Å²) in [4.78, 5) is 24.6. The Morgan fingerprint density at radius 1 is 1.43 bits per heavy atom. The fraction of sp³-hybridized carbons (Fsp3) is 0.357. The molecule has 1 atom stereocenters. The molecular formula is C14H17FN4O2. The highest BCUT2D eigenvalue weighted by Crippen LogP contribution is 2.09. The predicted octanol–water partition coefficient (Wildman–Crippen LogP) is 0.973. The molecule has 21 heavy (non-hydrogen) atoms. The molecule has 0 heterocycles. The summed E-state index contributed by atoms with van der Waals surface area (Å²) in [5.74, 6) is -0.755. The van der Waals surface area contributed by atoms with Crippen molar-refractivity contribution in [3.8, 4) is 6.07 Å². The smallest absolute Gasteiger partial charge is 0.315 e. The number of nitrogens with one attached hydrogen (secondary N) is 2. The summed E-state index contributed by atoms with van der Waals surface area (Å²) in [6.45, 7) is 1.48. The van der Waals surface area contributed by atoms with Crippen molar-refractivity contribution in [3.05, 3.63) is 35.1 Å². The van der Waals surface area contributed by atoms with E-state index >= 15 is 0 Å². The number of nitriles is 1. The van der Waals surface area contributed by atoms with Crippen molar-refractivity contribution in [2.75, 3.05) is 14.1 Å². The van der Waals surface area contributed by atoms with E-state index in [1.165, 1.54) is 23.1 Å². The molecule has 0 fully saturated rings. The molecule has 1 rings (SSSR count). The second-order valence-corrected chi connectivity index (χ2v) is 4.70. The molecule has 0 radical (unpaired) electrons. The lowest BCUT2D eigenvalue weighted by Crippen LogP contribution is -2.47. The normalized spacial score (nSPS) is 11.2. The fourth-order valence-corrected chi connectivity index (χ4v) is 1.65. The maximum Gasteiger partial charge on any atom is 0.315 e. The molecule has 6 nitrogen and oxygen atoms in total. The van der Waals surface area contributed by atoms with Crippen molar-refractivity contribution in [1.29, 1.82) is 5.26 Å². The van der Waals surface area contributed by atoms with Gasteiger partial charge in [0.15, 0.2) is 0 Å². The van der Waals surface area contributed by atoms with Gasteiger partial charge < -0.3 is 15.5 Å². The van der Waals surface area contributed by atoms with Gasteiger partial charge in [-0.05, 0) is 25.1 Å². The minimum atomic E-state index is -0.685. The van der Waals surface area contributed by atoms with Gasteiger partial charge >= 0.3 is 6.03 Å². The maximum atomic E-state index is 13.5. The second kappa shape index (κ2) is 7.24. The minimum Gasteiger partial charge on any atom is -0.347 e. The number of benzene rings is 1. The molecule has 0 aliphatic heterocycles. The number of hydrogen-bond acceptors (Lipinski definition) is 3. The number of amides is 3. The van der Waals surface area contributed by atoms with Crippen LogP contribution in [0.15, 0.2) is 18.2 Å². The molecule has 2 N–H and O–H groups in total. The van der Waals surface area contributed by atoms with Crippen molar-refractivity contribution in [2.24, 2.45) is 0 Å². The molecule has 1 aromatic rings. The van der Waals surface area contributed by atoms with Crippen LogP contribution in [0.25, 0.3) is 0 Å². The fourth-order valence-electron chi connectivity index (χ4n) is 1.65. The van der Waals surface area contributed by atoms with Gasteiger partial charge in [-0.2, -0.15) is 5.26 Å². The molecule has 3 amide bonds. The van der Waals surface area contributed by atoms with E-state index in [9.17, 15) is 14.0 Å². The Morgan fingerprint density at radius 2 is 2.10 bits per heavy atom. The van der Waals surface area contributed by atoms with E-state index in [2.05, 4.69) is 10.6 Å². The van der Waals surface area contributed by atoms with Gasteiger partial charge in [0.1, 0.15) is 11.9 Å². The highest BCUT2D eigenvalue weighted by Gasteiger charge is 2.17. The third-order valence-corrected chi connectivity index (χ3v) is 2.77. The number of carbonyl (C=O) groups excluding carboxylic acids is 2. The Morgan fingerprint density at radius 3 is 2.67 bits per heavy atom. The van der Waals surface area contributed by atoms with E-state index in [-0.39, 0.29) is 18.0 Å². The SMILES string of the molecule is CC(NC(=O)NCc1cc(C#N)ccc1F)C(=O)N(C)C. The topological polar surface area (TPSA) is 85.2 Å². The van der Waals surface area contributed by atoms with Crippen LogP contribution >= 0.6 is 0 Å². The van der Waals surface area contributed by atoms with Gasteiger partial charge in [-0.1, -0.05) is 0 Å². The quantitative estimate of drug-likeness (QED) is 0.867. The molecular weight excluding hydrogens is 275 g/mol. The Balaban J connectivity index is 2.58. The van der Waals surface area contributed by atoms with E-state index < -0.39 is 17.9 Å². The molecule has 0 aliphatic rings. The van der Waals surface area contributed by atoms with E-state index in [0.29, 0.717) is 5.56 Å². The lowest BCUT2D eigenvalue weighted by Gasteiger charge is -2.18. The number of hydrogen-bond donors (Lipinski definition) is 2. The van der Waals surface area contributed by atoms with Crippen molar-refractivity contribution >= 4 is 11.9 Å². The van der Waals surface area contributed by atoms with E-state index in [4.69, 9.17) is 5.26 Å². The maximum absolute atomic E-state index is 13.5. The Labute approximate surface area is 122 Å². The molecule has 7 heteroatoms. The summed E-state index contributed by atoms with van der Waals surface area (Å²) in [5, 5.41) is 13.6. The molecule has 112 valence electrons. The highest BCUT2D eigenvalue weighted by atomic mass is 19.1. The van der Waals surface area contributed by atoms with Gasteiger partial charge in [-0.15, -0.1) is 0 Å². The standard InChI is InChI=1S/C14H17FN4O2/c1-9(13(20)19(2)3)18-14(21)17-8-11-6-10(7-16)4-5-12(11)15/h4-6,9H,8H2,1-3H3,(H2,17,18,21). The van der Waals surface area contributed by atoms with Crippen LogP contribution in [-0.4, -0.2) is 37.0 Å². The van der Waals surface area contributed by atoms with Crippen LogP contribution in [0.4, 0.5) is 9.18 Å². The number of likely N-dealkylation sites (N-methyl/N-ethyl adjacent to an activating group) is 1. The monoisotopic (exact) mass is 292 g/mol. The largest absolute Gasteiger partial charge is 0.347 e. The molecule has 0 saturated heterocycles. The van der Waals surface area contributed by atoms with Crippen LogP contribution in [0, 0.1) is 17.1 Å². The van der Waals surface area contributed by atoms with Crippen LogP contribution < -0.4 is 10.6 Å². The molecule has 0 saturated carbocycles. The van der Waals surface area contributed by atoms with Crippen LogP contribution in [0.5, 0.6) is 0 Å². The summed E-state index contributed by atoms with van der Waals surface area (Å²) < 4.78 is 13.5. The van der Waals surface area contributed by atoms with Crippen molar-refractivity contribution in [1.82, 2.24) is 15.5 Å². The number of rotatable bonds is 4. The van der Waals surface area contributed by atoms with Crippen LogP contribution in [0.3, 0.4) is 0 Å². The van der Waals surface area contributed by atoms with Gasteiger partial charge in [-0.25, -0.2) is 9.18 Å². The van der Waals surface area contributed by atoms with Gasteiger partial charge in [-0.3, -0.25) is 4.79 Å². The van der Waals surface area contributed by atoms with E-state index in [0.717, 1.165) is 0 Å². The Hall–Kier alpha value is -2.62. The zero-order chi connectivity index (χ0) is 16.0. The number of carbonyl (C=O) groups is 2.